The second-order valence-corrected chi connectivity index (χ2v) is 4.28. The summed E-state index contributed by atoms with van der Waals surface area (Å²) in [6, 6.07) is 5.78. The lowest BCUT2D eigenvalue weighted by atomic mass is 9.82. The summed E-state index contributed by atoms with van der Waals surface area (Å²) < 4.78 is 0. The average molecular weight is 266 g/mol. The summed E-state index contributed by atoms with van der Waals surface area (Å²) in [6.45, 7) is 1.24. The van der Waals surface area contributed by atoms with E-state index in [2.05, 4.69) is 5.32 Å². The summed E-state index contributed by atoms with van der Waals surface area (Å²) in [4.78, 5) is 33.3. The monoisotopic (exact) mass is 266 g/mol. The van der Waals surface area contributed by atoms with Crippen LogP contribution >= 0.6 is 0 Å². The highest BCUT2D eigenvalue weighted by molar-refractivity contribution is 6.01. The lowest BCUT2D eigenvalue weighted by Gasteiger charge is -2.22. The summed E-state index contributed by atoms with van der Waals surface area (Å²) in [5.41, 5.74) is -1.74. The van der Waals surface area contributed by atoms with Gasteiger partial charge >= 0.3 is 5.97 Å². The predicted octanol–water partition coefficient (Wildman–Crippen LogP) is 0.974. The predicted molar refractivity (Wildman–Crippen MR) is 66.6 cm³/mol. The molecule has 1 unspecified atom stereocenters. The number of para-hydroxylation sites is 1. The Morgan fingerprint density at radius 1 is 1.42 bits per heavy atom. The van der Waals surface area contributed by atoms with Crippen LogP contribution in [0.5, 0.6) is 0 Å². The zero-order valence-corrected chi connectivity index (χ0v) is 10.5. The van der Waals surface area contributed by atoms with Crippen LogP contribution in [-0.2, 0) is 16.0 Å². The topological polar surface area (TPSA) is 110 Å². The summed E-state index contributed by atoms with van der Waals surface area (Å²) in [5.74, 6) is -2.02. The fraction of sp³-hybridized carbons (Fsp3) is 0.333. The number of carbonyl (C=O) groups is 2. The van der Waals surface area contributed by atoms with Crippen LogP contribution in [0.15, 0.2) is 24.3 Å². The molecular formula is C12H14N2O5. The third kappa shape index (κ3) is 2.87. The minimum Gasteiger partial charge on any atom is -0.480 e. The molecule has 1 aromatic carbocycles. The van der Waals surface area contributed by atoms with Crippen LogP contribution < -0.4 is 5.32 Å². The lowest BCUT2D eigenvalue weighted by molar-refractivity contribution is -0.385. The summed E-state index contributed by atoms with van der Waals surface area (Å²) in [5, 5.41) is 22.3. The van der Waals surface area contributed by atoms with E-state index < -0.39 is 22.2 Å². The molecule has 0 fully saturated rings. The maximum Gasteiger partial charge on any atom is 0.319 e. The van der Waals surface area contributed by atoms with Crippen molar-refractivity contribution in [3.63, 3.8) is 0 Å². The molecule has 102 valence electrons. The van der Waals surface area contributed by atoms with Gasteiger partial charge in [-0.05, 0) is 6.92 Å². The first-order valence-electron chi connectivity index (χ1n) is 5.51. The van der Waals surface area contributed by atoms with Gasteiger partial charge in [-0.15, -0.1) is 0 Å². The average Bonchev–Trinajstić information content (AvgIpc) is 2.37. The lowest BCUT2D eigenvalue weighted by Crippen LogP contribution is -2.44. The van der Waals surface area contributed by atoms with Crippen LogP contribution in [0.2, 0.25) is 0 Å². The number of nitrogens with one attached hydrogen (secondary N) is 1. The Hall–Kier alpha value is -2.44. The summed E-state index contributed by atoms with van der Waals surface area (Å²) >= 11 is 0. The van der Waals surface area contributed by atoms with Crippen molar-refractivity contribution in [1.29, 1.82) is 0 Å². The number of carboxylic acids is 1. The molecule has 19 heavy (non-hydrogen) atoms. The second kappa shape index (κ2) is 5.47. The van der Waals surface area contributed by atoms with Crippen molar-refractivity contribution in [2.24, 2.45) is 5.41 Å². The van der Waals surface area contributed by atoms with Crippen molar-refractivity contribution in [2.45, 2.75) is 13.3 Å². The van der Waals surface area contributed by atoms with E-state index in [9.17, 15) is 24.8 Å². The molecule has 1 atom stereocenters. The highest BCUT2D eigenvalue weighted by Gasteiger charge is 2.42. The number of aliphatic carboxylic acids is 1. The molecule has 1 aromatic rings. The molecule has 0 aliphatic carbocycles. The fourth-order valence-electron chi connectivity index (χ4n) is 1.75. The van der Waals surface area contributed by atoms with Crippen LogP contribution in [0.3, 0.4) is 0 Å². The molecule has 7 nitrogen and oxygen atoms in total. The Balaban J connectivity index is 3.22. The van der Waals surface area contributed by atoms with Gasteiger partial charge in [-0.3, -0.25) is 19.7 Å². The van der Waals surface area contributed by atoms with Gasteiger partial charge in [-0.2, -0.15) is 0 Å². The number of hydrogen-bond donors (Lipinski definition) is 2. The number of carbonyl (C=O) groups excluding carboxylic acids is 1. The third-order valence-corrected chi connectivity index (χ3v) is 2.93. The molecule has 7 heteroatoms. The maximum absolute atomic E-state index is 11.7. The quantitative estimate of drug-likeness (QED) is 0.469. The van der Waals surface area contributed by atoms with E-state index >= 15 is 0 Å². The van der Waals surface area contributed by atoms with Gasteiger partial charge in [0.1, 0.15) is 5.41 Å². The van der Waals surface area contributed by atoms with Crippen molar-refractivity contribution >= 4 is 17.6 Å². The van der Waals surface area contributed by atoms with Crippen molar-refractivity contribution in [3.8, 4) is 0 Å². The standard InChI is InChI=1S/C12H14N2O5/c1-12(11(16)17,10(15)13-2)7-8-5-3-4-6-9(8)14(18)19/h3-6H,7H2,1-2H3,(H,13,15)(H,16,17). The fourth-order valence-corrected chi connectivity index (χ4v) is 1.75. The van der Waals surface area contributed by atoms with Crippen molar-refractivity contribution in [2.75, 3.05) is 7.05 Å². The van der Waals surface area contributed by atoms with Gasteiger partial charge in [0, 0.05) is 25.1 Å². The van der Waals surface area contributed by atoms with Gasteiger partial charge in [0.25, 0.3) is 5.69 Å². The normalized spacial score (nSPS) is 13.4. The number of hydrogen-bond acceptors (Lipinski definition) is 4. The Labute approximate surface area is 109 Å². The molecule has 1 rings (SSSR count). The Morgan fingerprint density at radius 2 is 2.00 bits per heavy atom. The number of nitro benzene ring substituents is 1. The molecule has 2 N–H and O–H groups in total. The highest BCUT2D eigenvalue weighted by atomic mass is 16.6. The van der Waals surface area contributed by atoms with Crippen molar-refractivity contribution in [1.82, 2.24) is 5.32 Å². The summed E-state index contributed by atoms with van der Waals surface area (Å²) in [6.07, 6.45) is -0.251. The van der Waals surface area contributed by atoms with Gasteiger partial charge < -0.3 is 10.4 Å². The van der Waals surface area contributed by atoms with E-state index in [4.69, 9.17) is 0 Å². The number of nitro groups is 1. The Kier molecular flexibility index (Phi) is 4.21. The molecule has 0 saturated carbocycles. The Morgan fingerprint density at radius 3 is 2.47 bits per heavy atom. The number of benzene rings is 1. The van der Waals surface area contributed by atoms with Gasteiger partial charge in [0.2, 0.25) is 5.91 Å². The minimum absolute atomic E-state index is 0.195. The minimum atomic E-state index is -1.75. The van der Waals surface area contributed by atoms with E-state index in [0.717, 1.165) is 0 Å². The van der Waals surface area contributed by atoms with E-state index in [-0.39, 0.29) is 17.7 Å². The SMILES string of the molecule is CNC(=O)C(C)(Cc1ccccc1[N+](=O)[O-])C(=O)O. The van der Waals surface area contributed by atoms with Crippen LogP contribution in [0.1, 0.15) is 12.5 Å². The highest BCUT2D eigenvalue weighted by Crippen LogP contribution is 2.28. The second-order valence-electron chi connectivity index (χ2n) is 4.28. The van der Waals surface area contributed by atoms with Crippen molar-refractivity contribution in [3.05, 3.63) is 39.9 Å². The Bertz CT molecular complexity index is 529. The van der Waals surface area contributed by atoms with E-state index in [1.165, 1.54) is 32.2 Å². The molecule has 0 spiro atoms. The zero-order valence-electron chi connectivity index (χ0n) is 10.5. The molecule has 1 amide bonds. The van der Waals surface area contributed by atoms with E-state index in [1.54, 1.807) is 6.07 Å². The van der Waals surface area contributed by atoms with E-state index in [1.807, 2.05) is 0 Å². The van der Waals surface area contributed by atoms with Crippen LogP contribution in [0.25, 0.3) is 0 Å². The van der Waals surface area contributed by atoms with Gasteiger partial charge in [-0.1, -0.05) is 18.2 Å². The number of nitrogens with zero attached hydrogens (tertiary/aromatic N) is 1. The number of carboxylic acid groups (broad SMARTS) is 1. The van der Waals surface area contributed by atoms with Crippen LogP contribution in [0, 0.1) is 15.5 Å². The van der Waals surface area contributed by atoms with Gasteiger partial charge in [0.05, 0.1) is 4.92 Å². The molecule has 0 bridgehead atoms. The molecule has 0 radical (unpaired) electrons. The maximum atomic E-state index is 11.7. The smallest absolute Gasteiger partial charge is 0.319 e. The molecule has 0 aliphatic heterocycles. The first kappa shape index (κ1) is 14.6. The number of amides is 1. The third-order valence-electron chi connectivity index (χ3n) is 2.93. The molecule has 0 aromatic heterocycles. The van der Waals surface area contributed by atoms with Crippen LogP contribution in [0.4, 0.5) is 5.69 Å². The molecule has 0 aliphatic rings. The first-order valence-corrected chi connectivity index (χ1v) is 5.51. The molecule has 0 saturated heterocycles. The van der Waals surface area contributed by atoms with E-state index in [0.29, 0.717) is 0 Å². The zero-order chi connectivity index (χ0) is 14.6. The molecule has 0 heterocycles. The molecular weight excluding hydrogens is 252 g/mol. The van der Waals surface area contributed by atoms with Crippen molar-refractivity contribution < 1.29 is 19.6 Å². The first-order chi connectivity index (χ1) is 8.82. The van der Waals surface area contributed by atoms with Gasteiger partial charge in [0.15, 0.2) is 0 Å². The van der Waals surface area contributed by atoms with Gasteiger partial charge in [-0.25, -0.2) is 0 Å². The number of rotatable bonds is 5. The summed E-state index contributed by atoms with van der Waals surface area (Å²) in [7, 11) is 1.32. The largest absolute Gasteiger partial charge is 0.480 e. The van der Waals surface area contributed by atoms with Crippen LogP contribution in [-0.4, -0.2) is 29.0 Å².